The number of pyridine rings is 1. The zero-order valence-corrected chi connectivity index (χ0v) is 38.0. The van der Waals surface area contributed by atoms with Crippen molar-refractivity contribution >= 4 is 52.2 Å². The average Bonchev–Trinajstić information content (AvgIpc) is 3.66. The number of carbonyl (C=O) groups is 3. The van der Waals surface area contributed by atoms with Gasteiger partial charge >= 0.3 is 0 Å². The molecule has 62 heavy (non-hydrogen) atoms. The number of fused-ring (bicyclic) bond motifs is 3. The van der Waals surface area contributed by atoms with Gasteiger partial charge in [0.2, 0.25) is 13.3 Å². The zero-order valence-electron chi connectivity index (χ0n) is 36.3. The molecule has 0 spiro atoms. The van der Waals surface area contributed by atoms with E-state index in [1.54, 1.807) is 12.0 Å². The lowest BCUT2D eigenvalue weighted by Crippen LogP contribution is -2.45. The fourth-order valence-electron chi connectivity index (χ4n) is 10.1. The molecule has 11 nitrogen and oxygen atoms in total. The highest BCUT2D eigenvalue weighted by Crippen LogP contribution is 2.74. The molecule has 6 atom stereocenters. The minimum atomic E-state index is -3.92. The van der Waals surface area contributed by atoms with Gasteiger partial charge in [0.15, 0.2) is 10.9 Å². The van der Waals surface area contributed by atoms with Gasteiger partial charge in [0.1, 0.15) is 29.1 Å². The predicted octanol–water partition coefficient (Wildman–Crippen LogP) is 10.4. The summed E-state index contributed by atoms with van der Waals surface area (Å²) in [6.07, 6.45) is 13.1. The van der Waals surface area contributed by atoms with Gasteiger partial charge in [-0.15, -0.1) is 11.3 Å². The molecule has 2 saturated carbocycles. The lowest BCUT2D eigenvalue weighted by Gasteiger charge is -2.30. The van der Waals surface area contributed by atoms with Gasteiger partial charge < -0.3 is 24.6 Å². The third-order valence-electron chi connectivity index (χ3n) is 13.5. The highest BCUT2D eigenvalue weighted by Gasteiger charge is 2.65. The number of aromatic nitrogens is 2. The highest BCUT2D eigenvalue weighted by molar-refractivity contribution is 7.59. The number of rotatable bonds is 13. The van der Waals surface area contributed by atoms with Crippen LogP contribution in [0.1, 0.15) is 109 Å². The molecule has 2 aromatic carbocycles. The number of ketones is 2. The van der Waals surface area contributed by atoms with Crippen LogP contribution in [-0.4, -0.2) is 74.2 Å². The van der Waals surface area contributed by atoms with E-state index in [9.17, 15) is 19.0 Å². The summed E-state index contributed by atoms with van der Waals surface area (Å²) in [5, 5.41) is 5.72. The van der Waals surface area contributed by atoms with Crippen LogP contribution in [0.25, 0.3) is 22.3 Å². The molecule has 0 radical (unpaired) electrons. The maximum atomic E-state index is 15.0. The molecular formula is C49H61N4O7PS. The van der Waals surface area contributed by atoms with Crippen molar-refractivity contribution in [3.8, 4) is 22.9 Å². The van der Waals surface area contributed by atoms with Crippen LogP contribution in [0, 0.1) is 17.8 Å². The van der Waals surface area contributed by atoms with E-state index in [1.807, 2.05) is 60.0 Å². The molecule has 2 unspecified atom stereocenters. The third-order valence-corrected chi connectivity index (χ3v) is 17.1. The van der Waals surface area contributed by atoms with Gasteiger partial charge in [-0.2, -0.15) is 0 Å². The number of nitrogens with zero attached hydrogens (tertiary/aromatic N) is 3. The second-order valence-corrected chi connectivity index (χ2v) is 21.9. The van der Waals surface area contributed by atoms with Gasteiger partial charge in [0.05, 0.1) is 42.2 Å². The number of allylic oxidation sites excluding steroid dienone is 2. The Labute approximate surface area is 369 Å². The fraction of sp³-hybridized carbons (Fsp3) is 0.531. The summed E-state index contributed by atoms with van der Waals surface area (Å²) < 4.78 is 27.1. The molecule has 3 fully saturated rings. The summed E-state index contributed by atoms with van der Waals surface area (Å²) in [5.74, 6) is 0.484. The Hall–Kier alpha value is -4.38. The molecular weight excluding hydrogens is 820 g/mol. The number of amides is 1. The Bertz CT molecular complexity index is 2330. The molecule has 13 heteroatoms. The van der Waals surface area contributed by atoms with Crippen LogP contribution < -0.4 is 14.8 Å². The number of carbonyl (C=O) groups excluding carboxylic acids is 3. The number of anilines is 1. The summed E-state index contributed by atoms with van der Waals surface area (Å²) in [6.45, 7) is 4.26. The van der Waals surface area contributed by atoms with E-state index in [-0.39, 0.29) is 61.4 Å². The van der Waals surface area contributed by atoms with Gasteiger partial charge in [0.25, 0.3) is 0 Å². The van der Waals surface area contributed by atoms with Crippen LogP contribution in [0.5, 0.6) is 11.5 Å². The van der Waals surface area contributed by atoms with Crippen molar-refractivity contribution in [2.24, 2.45) is 17.8 Å². The quantitative estimate of drug-likeness (QED) is 0.0982. The lowest BCUT2D eigenvalue weighted by molar-refractivity contribution is -0.142. The first-order chi connectivity index (χ1) is 29.9. The largest absolute Gasteiger partial charge is 0.497 e. The van der Waals surface area contributed by atoms with Gasteiger partial charge in [-0.25, -0.2) is 9.97 Å². The number of nitrogens with one attached hydrogen (secondary N) is 1. The van der Waals surface area contributed by atoms with E-state index in [0.29, 0.717) is 53.6 Å². The van der Waals surface area contributed by atoms with Crippen molar-refractivity contribution in [1.82, 2.24) is 14.9 Å². The lowest BCUT2D eigenvalue weighted by atomic mass is 9.89. The van der Waals surface area contributed by atoms with Gasteiger partial charge in [-0.3, -0.25) is 18.9 Å². The summed E-state index contributed by atoms with van der Waals surface area (Å²) in [6, 6.07) is 16.1. The molecule has 4 aromatic rings. The molecule has 2 aromatic heterocycles. The molecule has 2 aliphatic carbocycles. The van der Waals surface area contributed by atoms with Crippen molar-refractivity contribution < 1.29 is 33.3 Å². The highest BCUT2D eigenvalue weighted by atomic mass is 32.1. The first kappa shape index (κ1) is 44.2. The standard InChI is InChI=1S/C49H61N4O7PS/c1-32(2)50-48-52-43(31-62-48)42-26-46(40-21-20-38(59-3)24-41(40)51-42)60-39-25-44-45(55)28-49(61(57,58)30-34-16-8-7-9-17-34)27-36(49)19-11-6-4-5-10-18-35(47(56)53(44)29-39)23-37(54)22-33-14-12-13-15-33/h7-9,11,16-17,19-21,24,26,31-33,35-36,39,44H,4-6,10,12-15,18,22-23,25,27-30H2,1-3H3,(H,50,52)(H,57,58)/b19-11-/t35?,36-,39-,44+,49-/m1/s1. The molecule has 2 N–H and O–H groups in total. The second-order valence-electron chi connectivity index (χ2n) is 18.5. The second kappa shape index (κ2) is 19.2. The van der Waals surface area contributed by atoms with Gasteiger partial charge in [-0.1, -0.05) is 81.0 Å². The Morgan fingerprint density at radius 1 is 1.00 bits per heavy atom. The number of Topliss-reactive ketones (excluding diaryl/α,β-unsaturated/α-hetero) is 2. The molecule has 4 aliphatic rings. The predicted molar refractivity (Wildman–Crippen MR) is 245 cm³/mol. The van der Waals surface area contributed by atoms with Crippen molar-refractivity contribution in [3.05, 3.63) is 77.7 Å². The molecule has 4 heterocycles. The van der Waals surface area contributed by atoms with Crippen LogP contribution >= 0.6 is 18.7 Å². The molecule has 1 saturated heterocycles. The van der Waals surface area contributed by atoms with E-state index in [0.717, 1.165) is 67.4 Å². The number of thiazole rings is 1. The van der Waals surface area contributed by atoms with E-state index in [1.165, 1.54) is 11.3 Å². The normalized spacial score (nSPS) is 26.3. The Kier molecular flexibility index (Phi) is 13.7. The van der Waals surface area contributed by atoms with Gasteiger partial charge in [0, 0.05) is 60.5 Å². The molecule has 8 rings (SSSR count). The minimum absolute atomic E-state index is 0.0219. The van der Waals surface area contributed by atoms with Crippen molar-refractivity contribution in [1.29, 1.82) is 0 Å². The van der Waals surface area contributed by atoms with E-state index >= 15 is 4.79 Å². The number of ether oxygens (including phenoxy) is 2. The summed E-state index contributed by atoms with van der Waals surface area (Å²) in [5.41, 5.74) is 2.70. The number of hydrogen-bond donors (Lipinski definition) is 2. The summed E-state index contributed by atoms with van der Waals surface area (Å²) >= 11 is 1.50. The minimum Gasteiger partial charge on any atom is -0.497 e. The van der Waals surface area contributed by atoms with Crippen molar-refractivity contribution in [2.45, 2.75) is 133 Å². The van der Waals surface area contributed by atoms with Crippen LogP contribution in [0.4, 0.5) is 5.13 Å². The van der Waals surface area contributed by atoms with E-state index in [2.05, 4.69) is 31.3 Å². The summed E-state index contributed by atoms with van der Waals surface area (Å²) in [7, 11) is -2.31. The first-order valence-corrected chi connectivity index (χ1v) is 25.4. The van der Waals surface area contributed by atoms with Crippen LogP contribution in [0.15, 0.2) is 72.1 Å². The number of methoxy groups -OCH3 is 1. The molecule has 330 valence electrons. The maximum absolute atomic E-state index is 15.0. The third kappa shape index (κ3) is 10.0. The van der Waals surface area contributed by atoms with Crippen LogP contribution in [-0.2, 0) is 25.1 Å². The van der Waals surface area contributed by atoms with Crippen LogP contribution in [0.2, 0.25) is 0 Å². The van der Waals surface area contributed by atoms with Gasteiger partial charge in [-0.05, 0) is 69.1 Å². The monoisotopic (exact) mass is 880 g/mol. The average molecular weight is 881 g/mol. The Morgan fingerprint density at radius 2 is 1.79 bits per heavy atom. The van der Waals surface area contributed by atoms with E-state index < -0.39 is 30.6 Å². The smallest absolute Gasteiger partial charge is 0.226 e. The Morgan fingerprint density at radius 3 is 2.56 bits per heavy atom. The van der Waals surface area contributed by atoms with Crippen molar-refractivity contribution in [2.75, 3.05) is 19.0 Å². The zero-order chi connectivity index (χ0) is 43.4. The molecule has 2 aliphatic heterocycles. The number of benzene rings is 2. The Balaban J connectivity index is 1.13. The summed E-state index contributed by atoms with van der Waals surface area (Å²) in [4.78, 5) is 67.0. The van der Waals surface area contributed by atoms with Crippen molar-refractivity contribution in [3.63, 3.8) is 0 Å². The van der Waals surface area contributed by atoms with E-state index in [4.69, 9.17) is 19.4 Å². The molecule has 1 amide bonds. The first-order valence-electron chi connectivity index (χ1n) is 22.7. The fourth-order valence-corrected chi connectivity index (χ4v) is 13.4. The van der Waals surface area contributed by atoms with Crippen LogP contribution in [0.3, 0.4) is 0 Å². The molecule has 0 bridgehead atoms. The SMILES string of the molecule is COc1ccc2c(O[C@@H]3C[C@H]4C(=O)C[C@]5(P(=O)(O)Cc6ccccc6)C[C@H]5/C=C\CCCCCC(CC(=O)CC5CCCC5)C(=O)N4C3)cc(-c3csc(NC(C)C)n3)nc2c1. The maximum Gasteiger partial charge on any atom is 0.226 e. The topological polar surface area (TPSA) is 148 Å². The number of hydrogen-bond acceptors (Lipinski definition) is 10.